The summed E-state index contributed by atoms with van der Waals surface area (Å²) in [5, 5.41) is 0. The van der Waals surface area contributed by atoms with E-state index >= 15 is 0 Å². The Labute approximate surface area is 257 Å². The highest BCUT2D eigenvalue weighted by atomic mass is 32.2. The fourth-order valence-corrected chi connectivity index (χ4v) is 7.18. The van der Waals surface area contributed by atoms with Gasteiger partial charge in [0.2, 0.25) is 17.3 Å². The Hall–Kier alpha value is -3.36. The number of carbonyl (C=O) groups is 1. The van der Waals surface area contributed by atoms with Gasteiger partial charge in [0.05, 0.1) is 16.6 Å². The number of hydrogen-bond acceptors (Lipinski definition) is 3. The number of benzene rings is 2. The van der Waals surface area contributed by atoms with E-state index in [0.29, 0.717) is 25.8 Å². The molecule has 0 aromatic heterocycles. The maximum atomic E-state index is 11.2. The maximum absolute atomic E-state index is 11.2. The average molecular weight is 606 g/mol. The number of rotatable bonds is 14. The Bertz CT molecular complexity index is 1560. The zero-order valence-electron chi connectivity index (χ0n) is 26.0. The number of unbranched alkanes of at least 4 members (excludes halogenated alkanes) is 3. The number of nitrogens with two attached hydrogens (primary N) is 1. The predicted octanol–water partition coefficient (Wildman–Crippen LogP) is 6.35. The van der Waals surface area contributed by atoms with Crippen molar-refractivity contribution >= 4 is 39.3 Å². The lowest BCUT2D eigenvalue weighted by Crippen LogP contribution is -2.34. The number of hydrogen-bond donors (Lipinski definition) is 2. The van der Waals surface area contributed by atoms with Crippen LogP contribution in [-0.4, -0.2) is 58.3 Å². The standard InChI is InChI=1S/C35H45N3O4S/c1-34(2)27-17-10-12-19-29(27)37(24-14-6-9-23-33(36)39)31(34)21-7-5-8-22-32-35(3,4)28-18-11-13-20-30(28)38(32)25-15-16-26-43(40,41)42/h5,7-8,10-13,17-20,22,24,31H,6,9,14-16,21,23,25-26H2,1-4H3,(H-2,36,39,40,41,42)/p+2/b7-5+,22-8+,37-24+/t31-/m1/s1. The lowest BCUT2D eigenvalue weighted by molar-refractivity contribution is -0.479. The first kappa shape index (κ1) is 32.6. The molecular formula is C35H47N3O4S+2. The second kappa shape index (κ2) is 13.5. The van der Waals surface area contributed by atoms with E-state index in [9.17, 15) is 13.2 Å². The van der Waals surface area contributed by atoms with E-state index in [1.165, 1.54) is 22.5 Å². The largest absolute Gasteiger partial charge is 0.370 e. The molecule has 0 saturated heterocycles. The normalized spacial score (nSPS) is 19.9. The Balaban J connectivity index is 1.51. The van der Waals surface area contributed by atoms with Crippen LogP contribution in [0.15, 0.2) is 72.8 Å². The molecule has 0 saturated carbocycles. The lowest BCUT2D eigenvalue weighted by Gasteiger charge is -2.22. The van der Waals surface area contributed by atoms with Crippen molar-refractivity contribution in [3.05, 3.63) is 84.0 Å². The second-order valence-electron chi connectivity index (χ2n) is 12.8. The van der Waals surface area contributed by atoms with Gasteiger partial charge in [-0.25, -0.2) is 0 Å². The Morgan fingerprint density at radius 1 is 0.930 bits per heavy atom. The van der Waals surface area contributed by atoms with Crippen LogP contribution >= 0.6 is 0 Å². The van der Waals surface area contributed by atoms with Crippen molar-refractivity contribution in [3.8, 4) is 0 Å². The highest BCUT2D eigenvalue weighted by molar-refractivity contribution is 7.85. The van der Waals surface area contributed by atoms with E-state index in [2.05, 4.69) is 110 Å². The van der Waals surface area contributed by atoms with Crippen molar-refractivity contribution in [1.82, 2.24) is 0 Å². The fraction of sp³-hybridized carbons (Fsp3) is 0.457. The van der Waals surface area contributed by atoms with E-state index in [0.717, 1.165) is 31.4 Å². The van der Waals surface area contributed by atoms with Gasteiger partial charge in [-0.1, -0.05) is 54.6 Å². The van der Waals surface area contributed by atoms with E-state index in [-0.39, 0.29) is 28.5 Å². The number of allylic oxidation sites excluding steroid dienone is 3. The molecule has 2 aliphatic rings. The van der Waals surface area contributed by atoms with Gasteiger partial charge in [-0.2, -0.15) is 17.6 Å². The molecule has 230 valence electrons. The molecule has 0 radical (unpaired) electrons. The Morgan fingerprint density at radius 2 is 1.60 bits per heavy atom. The number of amides is 1. The monoisotopic (exact) mass is 605 g/mol. The number of carbonyl (C=O) groups excluding carboxylic acids is 1. The van der Waals surface area contributed by atoms with Gasteiger partial charge in [0, 0.05) is 55.0 Å². The summed E-state index contributed by atoms with van der Waals surface area (Å²) in [6, 6.07) is 17.3. The summed E-state index contributed by atoms with van der Waals surface area (Å²) in [6.07, 6.45) is 15.9. The van der Waals surface area contributed by atoms with Gasteiger partial charge in [0.25, 0.3) is 10.1 Å². The molecule has 7 nitrogen and oxygen atoms in total. The SMILES string of the molecule is CC1(C)C(/C=C/C=C/C[C@H]2/[N+](=C/CCCCC(N)=O)c3ccccc3C2(C)C)=[N+](CCCCS(=O)(=O)O)c2ccccc21. The first-order valence-corrected chi connectivity index (χ1v) is 17.0. The Morgan fingerprint density at radius 3 is 2.30 bits per heavy atom. The summed E-state index contributed by atoms with van der Waals surface area (Å²) in [5.41, 5.74) is 11.3. The van der Waals surface area contributed by atoms with Gasteiger partial charge >= 0.3 is 0 Å². The molecular weight excluding hydrogens is 558 g/mol. The van der Waals surface area contributed by atoms with Crippen LogP contribution < -0.4 is 5.73 Å². The predicted molar refractivity (Wildman–Crippen MR) is 175 cm³/mol. The van der Waals surface area contributed by atoms with Crippen LogP contribution in [0, 0.1) is 0 Å². The van der Waals surface area contributed by atoms with Gasteiger partial charge in [-0.15, -0.1) is 0 Å². The molecule has 2 aliphatic heterocycles. The molecule has 4 rings (SSSR count). The minimum absolute atomic E-state index is 0.0307. The topological polar surface area (TPSA) is 103 Å². The zero-order chi connectivity index (χ0) is 31.3. The molecule has 0 fully saturated rings. The van der Waals surface area contributed by atoms with E-state index in [1.54, 1.807) is 0 Å². The number of nitrogens with zero attached hydrogens (tertiary/aromatic N) is 2. The van der Waals surface area contributed by atoms with Gasteiger partial charge in [0.1, 0.15) is 12.8 Å². The summed E-state index contributed by atoms with van der Waals surface area (Å²) in [4.78, 5) is 11.1. The van der Waals surface area contributed by atoms with Crippen molar-refractivity contribution in [2.45, 2.75) is 89.5 Å². The van der Waals surface area contributed by atoms with Crippen LogP contribution in [0.1, 0.15) is 83.8 Å². The van der Waals surface area contributed by atoms with Crippen molar-refractivity contribution in [2.24, 2.45) is 5.73 Å². The van der Waals surface area contributed by atoms with Gasteiger partial charge in [-0.3, -0.25) is 9.35 Å². The highest BCUT2D eigenvalue weighted by Crippen LogP contribution is 2.45. The van der Waals surface area contributed by atoms with Crippen LogP contribution in [0.25, 0.3) is 0 Å². The molecule has 0 unspecified atom stereocenters. The molecule has 3 N–H and O–H groups in total. The fourth-order valence-electron chi connectivity index (χ4n) is 6.62. The summed E-state index contributed by atoms with van der Waals surface area (Å²) < 4.78 is 36.3. The van der Waals surface area contributed by atoms with E-state index in [1.807, 2.05) is 6.07 Å². The summed E-state index contributed by atoms with van der Waals surface area (Å²) in [6.45, 7) is 9.76. The second-order valence-corrected chi connectivity index (χ2v) is 14.3. The van der Waals surface area contributed by atoms with Crippen molar-refractivity contribution in [2.75, 3.05) is 12.3 Å². The first-order valence-electron chi connectivity index (χ1n) is 15.4. The summed E-state index contributed by atoms with van der Waals surface area (Å²) >= 11 is 0. The molecule has 1 atom stereocenters. The summed E-state index contributed by atoms with van der Waals surface area (Å²) in [7, 11) is -3.96. The molecule has 2 aromatic rings. The maximum Gasteiger partial charge on any atom is 0.264 e. The van der Waals surface area contributed by atoms with Crippen LogP contribution in [0.4, 0.5) is 11.4 Å². The third-order valence-corrected chi connectivity index (χ3v) is 9.75. The van der Waals surface area contributed by atoms with Crippen molar-refractivity contribution in [3.63, 3.8) is 0 Å². The average Bonchev–Trinajstić information content (AvgIpc) is 3.29. The summed E-state index contributed by atoms with van der Waals surface area (Å²) in [5.74, 6) is -0.463. The molecule has 2 aromatic carbocycles. The van der Waals surface area contributed by atoms with Crippen molar-refractivity contribution < 1.29 is 26.9 Å². The number of fused-ring (bicyclic) bond motifs is 2. The van der Waals surface area contributed by atoms with E-state index < -0.39 is 10.1 Å². The zero-order valence-corrected chi connectivity index (χ0v) is 26.8. The van der Waals surface area contributed by atoms with Gasteiger partial charge in [-0.05, 0) is 47.0 Å². The highest BCUT2D eigenvalue weighted by Gasteiger charge is 2.48. The van der Waals surface area contributed by atoms with E-state index in [4.69, 9.17) is 10.3 Å². The van der Waals surface area contributed by atoms with Gasteiger partial charge < -0.3 is 5.73 Å². The number of primary amides is 1. The minimum Gasteiger partial charge on any atom is -0.370 e. The van der Waals surface area contributed by atoms with Crippen LogP contribution in [-0.2, 0) is 25.7 Å². The first-order chi connectivity index (χ1) is 20.3. The third kappa shape index (κ3) is 7.60. The molecule has 0 aliphatic carbocycles. The molecule has 1 amide bonds. The molecule has 43 heavy (non-hydrogen) atoms. The molecule has 0 spiro atoms. The quantitative estimate of drug-likeness (QED) is 0.113. The van der Waals surface area contributed by atoms with Crippen LogP contribution in [0.2, 0.25) is 0 Å². The van der Waals surface area contributed by atoms with Crippen molar-refractivity contribution in [1.29, 1.82) is 0 Å². The Kier molecular flexibility index (Phi) is 10.2. The van der Waals surface area contributed by atoms with Crippen LogP contribution in [0.3, 0.4) is 0 Å². The molecule has 8 heteroatoms. The van der Waals surface area contributed by atoms with Gasteiger partial charge in [0.15, 0.2) is 11.8 Å². The smallest absolute Gasteiger partial charge is 0.264 e. The number of para-hydroxylation sites is 2. The molecule has 2 heterocycles. The third-order valence-electron chi connectivity index (χ3n) is 8.94. The van der Waals surface area contributed by atoms with Crippen LogP contribution in [0.5, 0.6) is 0 Å². The minimum atomic E-state index is -3.96. The lowest BCUT2D eigenvalue weighted by atomic mass is 9.79. The molecule has 0 bridgehead atoms.